The van der Waals surface area contributed by atoms with Crippen molar-refractivity contribution in [2.24, 2.45) is 7.05 Å². The van der Waals surface area contributed by atoms with E-state index in [0.717, 1.165) is 18.5 Å². The van der Waals surface area contributed by atoms with Gasteiger partial charge in [-0.25, -0.2) is 0 Å². The third-order valence-electron chi connectivity index (χ3n) is 3.42. The molecule has 0 amide bonds. The lowest BCUT2D eigenvalue weighted by Gasteiger charge is -2.16. The Morgan fingerprint density at radius 3 is 2.72 bits per heavy atom. The molecule has 0 spiro atoms. The van der Waals surface area contributed by atoms with Crippen molar-refractivity contribution in [1.82, 2.24) is 20.3 Å². The molecular weight excluding hydrogens is 224 g/mol. The van der Waals surface area contributed by atoms with Crippen molar-refractivity contribution in [2.75, 3.05) is 7.05 Å². The zero-order valence-electron chi connectivity index (χ0n) is 11.2. The van der Waals surface area contributed by atoms with Gasteiger partial charge in [-0.15, -0.1) is 5.10 Å². The lowest BCUT2D eigenvalue weighted by molar-refractivity contribution is 0.504. The first-order valence-electron chi connectivity index (χ1n) is 6.28. The minimum atomic E-state index is 0.296. The Morgan fingerprint density at radius 2 is 2.11 bits per heavy atom. The van der Waals surface area contributed by atoms with E-state index >= 15 is 0 Å². The van der Waals surface area contributed by atoms with Gasteiger partial charge in [0.15, 0.2) is 0 Å². The molecule has 0 aliphatic heterocycles. The van der Waals surface area contributed by atoms with E-state index in [2.05, 4.69) is 46.8 Å². The van der Waals surface area contributed by atoms with Crippen LogP contribution in [0.1, 0.15) is 29.3 Å². The van der Waals surface area contributed by atoms with Gasteiger partial charge < -0.3 is 5.32 Å². The van der Waals surface area contributed by atoms with Gasteiger partial charge in [-0.3, -0.25) is 4.68 Å². The van der Waals surface area contributed by atoms with Crippen molar-refractivity contribution >= 4 is 0 Å². The Bertz CT molecular complexity index is 504. The summed E-state index contributed by atoms with van der Waals surface area (Å²) >= 11 is 0. The highest BCUT2D eigenvalue weighted by atomic mass is 15.4. The first-order valence-corrected chi connectivity index (χ1v) is 6.28. The molecule has 1 N–H and O–H groups in total. The number of aryl methyl sites for hydroxylation is 3. The van der Waals surface area contributed by atoms with Crippen LogP contribution in [0.2, 0.25) is 0 Å². The summed E-state index contributed by atoms with van der Waals surface area (Å²) in [5, 5.41) is 11.3. The quantitative estimate of drug-likeness (QED) is 0.875. The van der Waals surface area contributed by atoms with Gasteiger partial charge in [-0.05, 0) is 37.9 Å². The summed E-state index contributed by atoms with van der Waals surface area (Å²) in [6.07, 6.45) is 3.94. The van der Waals surface area contributed by atoms with Gasteiger partial charge >= 0.3 is 0 Å². The largest absolute Gasteiger partial charge is 0.312 e. The first kappa shape index (κ1) is 12.8. The van der Waals surface area contributed by atoms with Crippen LogP contribution in [0.5, 0.6) is 0 Å². The van der Waals surface area contributed by atoms with Crippen molar-refractivity contribution < 1.29 is 0 Å². The lowest BCUT2D eigenvalue weighted by atomic mass is 10.00. The van der Waals surface area contributed by atoms with Crippen molar-refractivity contribution in [3.8, 4) is 0 Å². The number of hydrogen-bond acceptors (Lipinski definition) is 3. The van der Waals surface area contributed by atoms with Crippen LogP contribution in [0, 0.1) is 6.92 Å². The van der Waals surface area contributed by atoms with Gasteiger partial charge in [-0.2, -0.15) is 0 Å². The summed E-state index contributed by atoms with van der Waals surface area (Å²) in [7, 11) is 3.91. The van der Waals surface area contributed by atoms with Gasteiger partial charge in [-0.1, -0.05) is 29.5 Å². The Balaban J connectivity index is 2.05. The summed E-state index contributed by atoms with van der Waals surface area (Å²) in [6, 6.07) is 8.84. The third-order valence-corrected chi connectivity index (χ3v) is 3.42. The summed E-state index contributed by atoms with van der Waals surface area (Å²) in [5.41, 5.74) is 3.90. The molecule has 0 radical (unpaired) electrons. The topological polar surface area (TPSA) is 42.7 Å². The van der Waals surface area contributed by atoms with Crippen LogP contribution in [0.4, 0.5) is 0 Å². The van der Waals surface area contributed by atoms with Crippen LogP contribution in [0.15, 0.2) is 30.5 Å². The number of nitrogens with zero attached hydrogens (tertiary/aromatic N) is 3. The van der Waals surface area contributed by atoms with E-state index in [-0.39, 0.29) is 0 Å². The molecule has 0 saturated heterocycles. The molecule has 1 unspecified atom stereocenters. The van der Waals surface area contributed by atoms with E-state index in [0.29, 0.717) is 6.04 Å². The van der Waals surface area contributed by atoms with Gasteiger partial charge in [0.25, 0.3) is 0 Å². The summed E-state index contributed by atoms with van der Waals surface area (Å²) in [5.74, 6) is 0. The monoisotopic (exact) mass is 244 g/mol. The molecule has 0 aliphatic carbocycles. The predicted octanol–water partition coefficient (Wildman–Crippen LogP) is 2.02. The van der Waals surface area contributed by atoms with E-state index in [1.807, 2.05) is 25.0 Å². The zero-order valence-corrected chi connectivity index (χ0v) is 11.2. The van der Waals surface area contributed by atoms with E-state index < -0.39 is 0 Å². The van der Waals surface area contributed by atoms with E-state index in [1.165, 1.54) is 11.1 Å². The minimum Gasteiger partial charge on any atom is -0.312 e. The SMILES string of the molecule is CNC(CCc1ccccc1C)c1cnnn1C. The molecule has 4 heteroatoms. The molecule has 18 heavy (non-hydrogen) atoms. The Kier molecular flexibility index (Phi) is 4.10. The van der Waals surface area contributed by atoms with E-state index in [4.69, 9.17) is 0 Å². The van der Waals surface area contributed by atoms with E-state index in [9.17, 15) is 0 Å². The smallest absolute Gasteiger partial charge is 0.0753 e. The summed E-state index contributed by atoms with van der Waals surface area (Å²) in [4.78, 5) is 0. The highest BCUT2D eigenvalue weighted by molar-refractivity contribution is 5.25. The average molecular weight is 244 g/mol. The summed E-state index contributed by atoms with van der Waals surface area (Å²) in [6.45, 7) is 2.16. The maximum Gasteiger partial charge on any atom is 0.0753 e. The molecular formula is C14H20N4. The molecule has 0 saturated carbocycles. The Labute approximate surface area is 108 Å². The van der Waals surface area contributed by atoms with Crippen LogP contribution in [-0.4, -0.2) is 22.0 Å². The highest BCUT2D eigenvalue weighted by Gasteiger charge is 2.13. The fraction of sp³-hybridized carbons (Fsp3) is 0.429. The molecule has 2 aromatic rings. The van der Waals surface area contributed by atoms with Crippen LogP contribution >= 0.6 is 0 Å². The molecule has 0 bridgehead atoms. The number of hydrogen-bond donors (Lipinski definition) is 1. The normalized spacial score (nSPS) is 12.6. The van der Waals surface area contributed by atoms with Crippen LogP contribution < -0.4 is 5.32 Å². The molecule has 0 aliphatic rings. The second-order valence-electron chi connectivity index (χ2n) is 4.59. The maximum absolute atomic E-state index is 3.98. The highest BCUT2D eigenvalue weighted by Crippen LogP contribution is 2.18. The molecule has 2 rings (SSSR count). The molecule has 1 aromatic heterocycles. The molecule has 4 nitrogen and oxygen atoms in total. The van der Waals surface area contributed by atoms with Gasteiger partial charge in [0.1, 0.15) is 0 Å². The molecule has 96 valence electrons. The van der Waals surface area contributed by atoms with Crippen molar-refractivity contribution in [3.63, 3.8) is 0 Å². The van der Waals surface area contributed by atoms with Crippen molar-refractivity contribution in [1.29, 1.82) is 0 Å². The summed E-state index contributed by atoms with van der Waals surface area (Å²) < 4.78 is 1.83. The Hall–Kier alpha value is -1.68. The second kappa shape index (κ2) is 5.78. The first-order chi connectivity index (χ1) is 8.72. The molecule has 1 heterocycles. The molecule has 0 fully saturated rings. The molecule has 1 atom stereocenters. The zero-order chi connectivity index (χ0) is 13.0. The minimum absolute atomic E-state index is 0.296. The van der Waals surface area contributed by atoms with Gasteiger partial charge in [0.2, 0.25) is 0 Å². The van der Waals surface area contributed by atoms with Crippen molar-refractivity contribution in [2.45, 2.75) is 25.8 Å². The van der Waals surface area contributed by atoms with Gasteiger partial charge in [0, 0.05) is 7.05 Å². The number of rotatable bonds is 5. The average Bonchev–Trinajstić information content (AvgIpc) is 2.79. The number of nitrogens with one attached hydrogen (secondary N) is 1. The third kappa shape index (κ3) is 2.76. The van der Waals surface area contributed by atoms with Gasteiger partial charge in [0.05, 0.1) is 17.9 Å². The lowest BCUT2D eigenvalue weighted by Crippen LogP contribution is -2.20. The predicted molar refractivity (Wildman–Crippen MR) is 72.3 cm³/mol. The number of aromatic nitrogens is 3. The maximum atomic E-state index is 3.98. The molecule has 1 aromatic carbocycles. The standard InChI is InChI=1S/C14H20N4/c1-11-6-4-5-7-12(11)8-9-13(15-2)14-10-16-17-18(14)3/h4-7,10,13,15H,8-9H2,1-3H3. The fourth-order valence-electron chi connectivity index (χ4n) is 2.24. The number of benzene rings is 1. The van der Waals surface area contributed by atoms with Crippen LogP contribution in [-0.2, 0) is 13.5 Å². The van der Waals surface area contributed by atoms with Crippen LogP contribution in [0.25, 0.3) is 0 Å². The van der Waals surface area contributed by atoms with Crippen molar-refractivity contribution in [3.05, 3.63) is 47.3 Å². The Morgan fingerprint density at radius 1 is 1.33 bits per heavy atom. The van der Waals surface area contributed by atoms with E-state index in [1.54, 1.807) is 0 Å². The fourth-order valence-corrected chi connectivity index (χ4v) is 2.24. The second-order valence-corrected chi connectivity index (χ2v) is 4.59. The van der Waals surface area contributed by atoms with Crippen LogP contribution in [0.3, 0.4) is 0 Å².